The van der Waals surface area contributed by atoms with Crippen LogP contribution in [-0.4, -0.2) is 57.7 Å². The van der Waals surface area contributed by atoms with Crippen LogP contribution in [0.3, 0.4) is 0 Å². The lowest BCUT2D eigenvalue weighted by Crippen LogP contribution is -2.60. The number of hydrogen-bond donors (Lipinski definition) is 4. The summed E-state index contributed by atoms with van der Waals surface area (Å²) in [5.41, 5.74) is 1.06. The van der Waals surface area contributed by atoms with Crippen molar-refractivity contribution in [3.63, 3.8) is 0 Å². The fourth-order valence-corrected chi connectivity index (χ4v) is 1.92. The molecule has 106 valence electrons. The smallest absolute Gasteiger partial charge is 0.229 e. The summed E-state index contributed by atoms with van der Waals surface area (Å²) >= 11 is 0. The van der Waals surface area contributed by atoms with Crippen molar-refractivity contribution in [1.29, 1.82) is 0 Å². The van der Waals surface area contributed by atoms with Gasteiger partial charge in [-0.15, -0.1) is 0 Å². The first-order valence-corrected chi connectivity index (χ1v) is 6.07. The lowest BCUT2D eigenvalue weighted by Gasteiger charge is -2.39. The number of hydrogen-bond acceptors (Lipinski definition) is 6. The first-order chi connectivity index (χ1) is 9.02. The van der Waals surface area contributed by atoms with Crippen molar-refractivity contribution in [3.8, 4) is 5.75 Å². The van der Waals surface area contributed by atoms with Gasteiger partial charge in [-0.25, -0.2) is 0 Å². The Kier molecular flexibility index (Phi) is 4.38. The van der Waals surface area contributed by atoms with E-state index in [1.165, 1.54) is 0 Å². The van der Waals surface area contributed by atoms with Crippen LogP contribution in [0.5, 0.6) is 5.75 Å². The van der Waals surface area contributed by atoms with E-state index in [4.69, 9.17) is 14.6 Å². The van der Waals surface area contributed by atoms with Crippen LogP contribution < -0.4 is 4.74 Å². The number of benzene rings is 1. The molecule has 2 rings (SSSR count). The summed E-state index contributed by atoms with van der Waals surface area (Å²) in [6, 6.07) is 7.08. The van der Waals surface area contributed by atoms with Crippen LogP contribution in [0.1, 0.15) is 5.56 Å². The van der Waals surface area contributed by atoms with E-state index in [2.05, 4.69) is 0 Å². The second kappa shape index (κ2) is 5.85. The van der Waals surface area contributed by atoms with E-state index < -0.39 is 37.3 Å². The molecular formula is C13H18O6. The Bertz CT molecular complexity index is 404. The van der Waals surface area contributed by atoms with Gasteiger partial charge in [-0.2, -0.15) is 0 Å². The van der Waals surface area contributed by atoms with Crippen molar-refractivity contribution in [2.45, 2.75) is 37.6 Å². The normalized spacial score (nSPS) is 35.1. The van der Waals surface area contributed by atoms with Gasteiger partial charge in [0.2, 0.25) is 6.29 Å². The van der Waals surface area contributed by atoms with Crippen molar-refractivity contribution in [3.05, 3.63) is 29.8 Å². The van der Waals surface area contributed by atoms with E-state index in [0.717, 1.165) is 5.56 Å². The minimum Gasteiger partial charge on any atom is -0.462 e. The van der Waals surface area contributed by atoms with Gasteiger partial charge in [-0.1, -0.05) is 17.7 Å². The van der Waals surface area contributed by atoms with E-state index in [9.17, 15) is 15.3 Å². The van der Waals surface area contributed by atoms with Gasteiger partial charge in [0.05, 0.1) is 6.61 Å². The standard InChI is InChI=1S/C13H18O6/c1-7-2-4-8(5-3-7)18-13-12(17)11(16)10(15)9(6-14)19-13/h2-5,9-17H,6H2,1H3/t9-,10+,11+,12-,13+/m1/s1. The number of aryl methyl sites for hydroxylation is 1. The van der Waals surface area contributed by atoms with Gasteiger partial charge < -0.3 is 29.9 Å². The molecule has 1 fully saturated rings. The Balaban J connectivity index is 2.08. The first kappa shape index (κ1) is 14.2. The molecule has 0 unspecified atom stereocenters. The van der Waals surface area contributed by atoms with Gasteiger partial charge in [0, 0.05) is 0 Å². The molecule has 0 aliphatic carbocycles. The number of ether oxygens (including phenoxy) is 2. The molecule has 0 aromatic heterocycles. The minimum atomic E-state index is -1.43. The largest absolute Gasteiger partial charge is 0.462 e. The average molecular weight is 270 g/mol. The Labute approximate surface area is 110 Å². The molecule has 1 aromatic carbocycles. The Morgan fingerprint density at radius 2 is 1.68 bits per heavy atom. The van der Waals surface area contributed by atoms with Gasteiger partial charge in [0.15, 0.2) is 0 Å². The van der Waals surface area contributed by atoms with E-state index in [1.54, 1.807) is 12.1 Å². The van der Waals surface area contributed by atoms with E-state index in [1.807, 2.05) is 19.1 Å². The molecule has 0 bridgehead atoms. The van der Waals surface area contributed by atoms with Crippen molar-refractivity contribution in [1.82, 2.24) is 0 Å². The zero-order valence-electron chi connectivity index (χ0n) is 10.5. The molecule has 0 radical (unpaired) electrons. The maximum Gasteiger partial charge on any atom is 0.229 e. The van der Waals surface area contributed by atoms with Crippen molar-refractivity contribution in [2.24, 2.45) is 0 Å². The summed E-state index contributed by atoms with van der Waals surface area (Å²) in [5, 5.41) is 38.1. The second-order valence-corrected chi connectivity index (χ2v) is 4.63. The fraction of sp³-hybridized carbons (Fsp3) is 0.538. The van der Waals surface area contributed by atoms with Gasteiger partial charge in [-0.05, 0) is 19.1 Å². The van der Waals surface area contributed by atoms with E-state index >= 15 is 0 Å². The maximum absolute atomic E-state index is 9.80. The Morgan fingerprint density at radius 3 is 2.26 bits per heavy atom. The molecule has 19 heavy (non-hydrogen) atoms. The van der Waals surface area contributed by atoms with Gasteiger partial charge in [0.1, 0.15) is 30.2 Å². The Morgan fingerprint density at radius 1 is 1.05 bits per heavy atom. The van der Waals surface area contributed by atoms with Crippen LogP contribution in [0, 0.1) is 6.92 Å². The maximum atomic E-state index is 9.80. The van der Waals surface area contributed by atoms with Gasteiger partial charge >= 0.3 is 0 Å². The summed E-state index contributed by atoms with van der Waals surface area (Å²) in [4.78, 5) is 0. The monoisotopic (exact) mass is 270 g/mol. The fourth-order valence-electron chi connectivity index (χ4n) is 1.92. The van der Waals surface area contributed by atoms with Crippen LogP contribution in [0.25, 0.3) is 0 Å². The van der Waals surface area contributed by atoms with Crippen LogP contribution in [0.4, 0.5) is 0 Å². The van der Waals surface area contributed by atoms with Crippen LogP contribution in [0.2, 0.25) is 0 Å². The molecule has 6 heteroatoms. The number of rotatable bonds is 3. The van der Waals surface area contributed by atoms with Gasteiger partial charge in [-0.3, -0.25) is 0 Å². The zero-order valence-corrected chi connectivity index (χ0v) is 10.5. The molecule has 0 amide bonds. The second-order valence-electron chi connectivity index (χ2n) is 4.63. The van der Waals surface area contributed by atoms with Gasteiger partial charge in [0.25, 0.3) is 0 Å². The van der Waals surface area contributed by atoms with Crippen LogP contribution in [-0.2, 0) is 4.74 Å². The van der Waals surface area contributed by atoms with E-state index in [-0.39, 0.29) is 0 Å². The summed E-state index contributed by atoms with van der Waals surface area (Å²) in [7, 11) is 0. The molecule has 0 saturated carbocycles. The number of aliphatic hydroxyl groups is 4. The summed E-state index contributed by atoms with van der Waals surface area (Å²) in [5.74, 6) is 0.468. The molecular weight excluding hydrogens is 252 g/mol. The lowest BCUT2D eigenvalue weighted by molar-refractivity contribution is -0.277. The van der Waals surface area contributed by atoms with Crippen LogP contribution >= 0.6 is 0 Å². The summed E-state index contributed by atoms with van der Waals surface area (Å²) < 4.78 is 10.7. The summed E-state index contributed by atoms with van der Waals surface area (Å²) in [6.07, 6.45) is -6.30. The molecule has 5 atom stereocenters. The average Bonchev–Trinajstić information content (AvgIpc) is 2.42. The third-order valence-electron chi connectivity index (χ3n) is 3.12. The zero-order chi connectivity index (χ0) is 14.0. The third-order valence-corrected chi connectivity index (χ3v) is 3.12. The Hall–Kier alpha value is -1.18. The molecule has 1 aromatic rings. The predicted octanol–water partition coefficient (Wildman–Crippen LogP) is -0.826. The van der Waals surface area contributed by atoms with Crippen molar-refractivity contribution < 1.29 is 29.9 Å². The predicted molar refractivity (Wildman–Crippen MR) is 65.6 cm³/mol. The highest BCUT2D eigenvalue weighted by molar-refractivity contribution is 5.26. The SMILES string of the molecule is Cc1ccc(O[C@H]2O[C@H](CO)[C@H](O)[C@H](O)[C@H]2O)cc1. The molecule has 1 aliphatic rings. The lowest BCUT2D eigenvalue weighted by atomic mass is 9.99. The molecule has 4 N–H and O–H groups in total. The topological polar surface area (TPSA) is 99.4 Å². The highest BCUT2D eigenvalue weighted by Crippen LogP contribution is 2.24. The van der Waals surface area contributed by atoms with Crippen molar-refractivity contribution >= 4 is 0 Å². The third kappa shape index (κ3) is 3.05. The first-order valence-electron chi connectivity index (χ1n) is 6.07. The van der Waals surface area contributed by atoms with E-state index in [0.29, 0.717) is 5.75 Å². The molecule has 1 saturated heterocycles. The molecule has 1 heterocycles. The molecule has 0 spiro atoms. The highest BCUT2D eigenvalue weighted by Gasteiger charge is 2.44. The molecule has 1 aliphatic heterocycles. The minimum absolute atomic E-state index is 0.468. The summed E-state index contributed by atoms with van der Waals surface area (Å²) in [6.45, 7) is 1.45. The quantitative estimate of drug-likeness (QED) is 0.572. The molecule has 6 nitrogen and oxygen atoms in total. The highest BCUT2D eigenvalue weighted by atomic mass is 16.7. The number of aliphatic hydroxyl groups excluding tert-OH is 4. The van der Waals surface area contributed by atoms with Crippen LogP contribution in [0.15, 0.2) is 24.3 Å². The van der Waals surface area contributed by atoms with Crippen molar-refractivity contribution in [2.75, 3.05) is 6.61 Å².